The highest BCUT2D eigenvalue weighted by Crippen LogP contribution is 2.18. The molecule has 0 saturated heterocycles. The van der Waals surface area contributed by atoms with Crippen LogP contribution in [0.1, 0.15) is 75.2 Å². The maximum absolute atomic E-state index is 13.0. The van der Waals surface area contributed by atoms with E-state index in [1.54, 1.807) is 12.1 Å². The number of unbranched alkanes of at least 4 members (excludes halogenated alkanes) is 2. The Morgan fingerprint density at radius 2 is 1.51 bits per heavy atom. The smallest absolute Gasteiger partial charge is 0.329 e. The summed E-state index contributed by atoms with van der Waals surface area (Å²) in [6.45, 7) is 6.73. The largest absolute Gasteiger partial charge is 0.480 e. The van der Waals surface area contributed by atoms with Gasteiger partial charge in [0.1, 0.15) is 24.6 Å². The Balaban J connectivity index is 1.59. The second-order valence-electron chi connectivity index (χ2n) is 12.5. The molecule has 3 N–H and O–H groups in total. The van der Waals surface area contributed by atoms with Crippen molar-refractivity contribution in [1.82, 2.24) is 10.3 Å². The summed E-state index contributed by atoms with van der Waals surface area (Å²) in [6.07, 6.45) is 5.39. The number of pyridine rings is 1. The lowest BCUT2D eigenvalue weighted by Gasteiger charge is -2.19. The van der Waals surface area contributed by atoms with E-state index in [1.807, 2.05) is 26.8 Å². The molecule has 0 aliphatic rings. The van der Waals surface area contributed by atoms with Gasteiger partial charge in [-0.15, -0.1) is 0 Å². The number of nitrogens with zero attached hydrogens (tertiary/aromatic N) is 1. The molecule has 0 aliphatic heterocycles. The van der Waals surface area contributed by atoms with Crippen LogP contribution >= 0.6 is 0 Å². The number of aryl methyl sites for hydroxylation is 1. The molecule has 0 fully saturated rings. The lowest BCUT2D eigenvalue weighted by Crippen LogP contribution is -2.28. The van der Waals surface area contributed by atoms with Gasteiger partial charge in [0.2, 0.25) is 0 Å². The number of carboxylic acids is 1. The Bertz CT molecular complexity index is 1480. The number of carboxylic acid groups (broad SMARTS) is 1. The molecule has 0 saturated carbocycles. The van der Waals surface area contributed by atoms with Crippen molar-refractivity contribution < 1.29 is 56.4 Å². The number of ether oxygens (including phenoxy) is 5. The van der Waals surface area contributed by atoms with Gasteiger partial charge in [-0.3, -0.25) is 19.1 Å². The third-order valence-electron chi connectivity index (χ3n) is 6.75. The fourth-order valence-corrected chi connectivity index (χ4v) is 5.47. The number of esters is 1. The van der Waals surface area contributed by atoms with Gasteiger partial charge >= 0.3 is 11.9 Å². The minimum atomic E-state index is -3.92. The molecule has 1 heterocycles. The molecule has 15 nitrogen and oxygen atoms in total. The zero-order valence-electron chi connectivity index (χ0n) is 29.6. The van der Waals surface area contributed by atoms with Crippen LogP contribution in [-0.2, 0) is 54.5 Å². The lowest BCUT2D eigenvalue weighted by atomic mass is 10.1. The SMILES string of the molecule is CC(C)(C)OC(=O)CCCCCc1cccc(S(=O)(=O)Nc2ccc(C(=O)NCCOCCOCC(=O)CCCOCCOCC(=O)O)cn2)c1. The first-order valence-electron chi connectivity index (χ1n) is 16.9. The van der Waals surface area contributed by atoms with E-state index in [9.17, 15) is 27.6 Å². The van der Waals surface area contributed by atoms with Gasteiger partial charge in [0.25, 0.3) is 15.9 Å². The van der Waals surface area contributed by atoms with Crippen molar-refractivity contribution in [1.29, 1.82) is 0 Å². The number of nitrogens with one attached hydrogen (secondary N) is 2. The number of aromatic nitrogens is 1. The van der Waals surface area contributed by atoms with Crippen molar-refractivity contribution in [2.75, 3.05) is 64.1 Å². The van der Waals surface area contributed by atoms with E-state index in [4.69, 9.17) is 28.8 Å². The molecule has 0 bridgehead atoms. The number of aliphatic carboxylic acids is 1. The normalized spacial score (nSPS) is 11.6. The number of ketones is 1. The van der Waals surface area contributed by atoms with Crippen molar-refractivity contribution in [2.45, 2.75) is 76.2 Å². The predicted octanol–water partition coefficient (Wildman–Crippen LogP) is 3.56. The molecule has 16 heteroatoms. The Hall–Kier alpha value is -3.96. The highest BCUT2D eigenvalue weighted by Gasteiger charge is 2.17. The van der Waals surface area contributed by atoms with Gasteiger partial charge in [0, 0.05) is 32.2 Å². The van der Waals surface area contributed by atoms with Crippen LogP contribution in [0.3, 0.4) is 0 Å². The quantitative estimate of drug-likeness (QED) is 0.0887. The first-order chi connectivity index (χ1) is 24.2. The van der Waals surface area contributed by atoms with Crippen molar-refractivity contribution in [3.8, 4) is 0 Å². The van der Waals surface area contributed by atoms with Crippen LogP contribution in [0.25, 0.3) is 0 Å². The summed E-state index contributed by atoms with van der Waals surface area (Å²) in [6, 6.07) is 9.51. The number of rotatable bonds is 27. The van der Waals surface area contributed by atoms with Crippen LogP contribution in [0, 0.1) is 0 Å². The van der Waals surface area contributed by atoms with Crippen molar-refractivity contribution in [3.63, 3.8) is 0 Å². The summed E-state index contributed by atoms with van der Waals surface area (Å²) < 4.78 is 54.6. The van der Waals surface area contributed by atoms with E-state index in [-0.39, 0.29) is 80.8 Å². The number of hydrogen-bond donors (Lipinski definition) is 3. The number of Topliss-reactive ketones (excluding diaryl/α,β-unsaturated/α-hetero) is 1. The van der Waals surface area contributed by atoms with Crippen LogP contribution < -0.4 is 10.0 Å². The van der Waals surface area contributed by atoms with E-state index < -0.39 is 27.5 Å². The number of sulfonamides is 1. The average Bonchev–Trinajstić information content (AvgIpc) is 3.06. The van der Waals surface area contributed by atoms with E-state index in [1.165, 1.54) is 24.4 Å². The monoisotopic (exact) mass is 737 g/mol. The second kappa shape index (κ2) is 23.5. The second-order valence-corrected chi connectivity index (χ2v) is 14.1. The average molecular weight is 738 g/mol. The fraction of sp³-hybridized carbons (Fsp3) is 0.571. The minimum Gasteiger partial charge on any atom is -0.480 e. The third kappa shape index (κ3) is 20.5. The molecule has 0 unspecified atom stereocenters. The summed E-state index contributed by atoms with van der Waals surface area (Å²) in [5.41, 5.74) is 0.595. The predicted molar refractivity (Wildman–Crippen MR) is 187 cm³/mol. The number of carbonyl (C=O) groups excluding carboxylic acids is 3. The minimum absolute atomic E-state index is 0.0483. The van der Waals surface area contributed by atoms with E-state index in [0.29, 0.717) is 38.7 Å². The topological polar surface area (TPSA) is 206 Å². The van der Waals surface area contributed by atoms with E-state index in [2.05, 4.69) is 15.0 Å². The maximum Gasteiger partial charge on any atom is 0.329 e. The van der Waals surface area contributed by atoms with Crippen LogP contribution in [0.15, 0.2) is 47.5 Å². The van der Waals surface area contributed by atoms with E-state index >= 15 is 0 Å². The van der Waals surface area contributed by atoms with Crippen LogP contribution in [0.2, 0.25) is 0 Å². The Labute approximate surface area is 299 Å². The molecular formula is C35H51N3O12S. The molecule has 2 rings (SSSR count). The molecule has 0 spiro atoms. The standard InChI is InChI=1S/C35H51N3O12S/c1-35(2,3)50-33(42)13-6-4-5-9-27-10-7-12-30(23-27)51(44,45)38-31-15-14-28(24-37-31)34(43)36-16-18-47-20-21-48-25-29(39)11-8-17-46-19-22-49-26-32(40)41/h7,10,12,14-15,23-24H,4-6,8-9,11,13,16-22,25-26H2,1-3H3,(H,36,43)(H,37,38)(H,40,41). The first kappa shape index (κ1) is 43.2. The molecule has 1 aromatic heterocycles. The molecule has 0 atom stereocenters. The third-order valence-corrected chi connectivity index (χ3v) is 8.10. The summed E-state index contributed by atoms with van der Waals surface area (Å²) in [5.74, 6) is -1.68. The summed E-state index contributed by atoms with van der Waals surface area (Å²) >= 11 is 0. The summed E-state index contributed by atoms with van der Waals surface area (Å²) in [7, 11) is -3.92. The molecule has 284 valence electrons. The lowest BCUT2D eigenvalue weighted by molar-refractivity contribution is -0.155. The molecule has 1 amide bonds. The van der Waals surface area contributed by atoms with Crippen molar-refractivity contribution in [2.24, 2.45) is 0 Å². The zero-order valence-corrected chi connectivity index (χ0v) is 30.5. The van der Waals surface area contributed by atoms with Gasteiger partial charge in [-0.1, -0.05) is 18.6 Å². The molecule has 2 aromatic rings. The summed E-state index contributed by atoms with van der Waals surface area (Å²) in [4.78, 5) is 50.7. The van der Waals surface area contributed by atoms with Gasteiger partial charge in [0.15, 0.2) is 5.78 Å². The first-order valence-corrected chi connectivity index (χ1v) is 18.4. The highest BCUT2D eigenvalue weighted by molar-refractivity contribution is 7.92. The Morgan fingerprint density at radius 1 is 0.804 bits per heavy atom. The van der Waals surface area contributed by atoms with Crippen LogP contribution in [-0.4, -0.2) is 107 Å². The van der Waals surface area contributed by atoms with E-state index in [0.717, 1.165) is 18.4 Å². The van der Waals surface area contributed by atoms with Gasteiger partial charge < -0.3 is 34.1 Å². The number of benzene rings is 1. The Morgan fingerprint density at radius 3 is 2.20 bits per heavy atom. The highest BCUT2D eigenvalue weighted by atomic mass is 32.2. The number of carbonyl (C=O) groups is 4. The van der Waals surface area contributed by atoms with Crippen molar-refractivity contribution in [3.05, 3.63) is 53.7 Å². The van der Waals surface area contributed by atoms with Gasteiger partial charge in [0.05, 0.1) is 43.5 Å². The zero-order chi connectivity index (χ0) is 37.5. The van der Waals surface area contributed by atoms with Gasteiger partial charge in [-0.2, -0.15) is 0 Å². The van der Waals surface area contributed by atoms with Crippen LogP contribution in [0.5, 0.6) is 0 Å². The van der Waals surface area contributed by atoms with Crippen LogP contribution in [0.4, 0.5) is 5.82 Å². The molecule has 51 heavy (non-hydrogen) atoms. The molecule has 0 radical (unpaired) electrons. The molecular weight excluding hydrogens is 686 g/mol. The van der Waals surface area contributed by atoms with Crippen molar-refractivity contribution >= 4 is 39.5 Å². The number of hydrogen-bond acceptors (Lipinski definition) is 12. The van der Waals surface area contributed by atoms with Gasteiger partial charge in [-0.05, 0) is 76.3 Å². The maximum atomic E-state index is 13.0. The summed E-state index contributed by atoms with van der Waals surface area (Å²) in [5, 5.41) is 11.1. The fourth-order valence-electron chi connectivity index (χ4n) is 4.39. The Kier molecular flexibility index (Phi) is 19.9. The number of amides is 1. The molecule has 1 aromatic carbocycles. The molecule has 0 aliphatic carbocycles. The number of anilines is 1. The van der Waals surface area contributed by atoms with Gasteiger partial charge in [-0.25, -0.2) is 18.2 Å².